The first-order valence-electron chi connectivity index (χ1n) is 7.60. The maximum atomic E-state index is 11.9. The van der Waals surface area contributed by atoms with Gasteiger partial charge in [-0.05, 0) is 32.3 Å². The Morgan fingerprint density at radius 3 is 3.09 bits per heavy atom. The Balaban J connectivity index is 1.81. The van der Waals surface area contributed by atoms with Gasteiger partial charge in [-0.1, -0.05) is 0 Å². The summed E-state index contributed by atoms with van der Waals surface area (Å²) in [7, 11) is 0. The molecule has 0 aromatic carbocycles. The first-order valence-corrected chi connectivity index (χ1v) is 8.42. The molecular formula is C15H19N5O2S. The number of carbonyl (C=O) groups excluding carboxylic acids is 1. The van der Waals surface area contributed by atoms with Crippen molar-refractivity contribution in [2.45, 2.75) is 32.2 Å². The van der Waals surface area contributed by atoms with Crippen molar-refractivity contribution in [3.8, 4) is 0 Å². The fourth-order valence-corrected chi connectivity index (χ4v) is 3.41. The minimum Gasteiger partial charge on any atom is -0.387 e. The van der Waals surface area contributed by atoms with Crippen LogP contribution >= 0.6 is 11.3 Å². The van der Waals surface area contributed by atoms with Gasteiger partial charge in [0.05, 0.1) is 11.7 Å². The number of thiazole rings is 1. The van der Waals surface area contributed by atoms with Crippen molar-refractivity contribution in [1.29, 1.82) is 0 Å². The molecule has 23 heavy (non-hydrogen) atoms. The Morgan fingerprint density at radius 2 is 2.35 bits per heavy atom. The number of aliphatic hydroxyl groups is 1. The van der Waals surface area contributed by atoms with Crippen LogP contribution in [-0.4, -0.2) is 44.0 Å². The third kappa shape index (κ3) is 3.65. The van der Waals surface area contributed by atoms with Gasteiger partial charge in [-0.2, -0.15) is 0 Å². The molecular weight excluding hydrogens is 314 g/mol. The fraction of sp³-hybridized carbons (Fsp3) is 0.467. The third-order valence-corrected chi connectivity index (χ3v) is 4.65. The van der Waals surface area contributed by atoms with Crippen molar-refractivity contribution >= 4 is 28.3 Å². The van der Waals surface area contributed by atoms with Crippen LogP contribution in [0.4, 0.5) is 11.1 Å². The van der Waals surface area contributed by atoms with E-state index in [4.69, 9.17) is 5.11 Å². The molecule has 3 rings (SSSR count). The summed E-state index contributed by atoms with van der Waals surface area (Å²) in [5.74, 6) is 0.220. The van der Waals surface area contributed by atoms with E-state index in [0.29, 0.717) is 12.5 Å². The van der Waals surface area contributed by atoms with Gasteiger partial charge in [0.2, 0.25) is 11.9 Å². The SMILES string of the molecule is Cc1cnc(Nc2nccc(C3CCCCN3C(=O)CO)n2)s1. The molecule has 2 aromatic rings. The lowest BCUT2D eigenvalue weighted by atomic mass is 9.99. The van der Waals surface area contributed by atoms with Crippen molar-refractivity contribution < 1.29 is 9.90 Å². The Bertz CT molecular complexity index is 690. The molecule has 1 atom stereocenters. The van der Waals surface area contributed by atoms with Crippen LogP contribution in [0.2, 0.25) is 0 Å². The van der Waals surface area contributed by atoms with E-state index in [0.717, 1.165) is 35.0 Å². The predicted molar refractivity (Wildman–Crippen MR) is 87.6 cm³/mol. The van der Waals surface area contributed by atoms with Crippen molar-refractivity contribution in [3.05, 3.63) is 29.0 Å². The van der Waals surface area contributed by atoms with E-state index in [-0.39, 0.29) is 11.9 Å². The summed E-state index contributed by atoms with van der Waals surface area (Å²) in [5.41, 5.74) is 0.789. The molecule has 0 bridgehead atoms. The summed E-state index contributed by atoms with van der Waals surface area (Å²) in [6.07, 6.45) is 6.31. The van der Waals surface area contributed by atoms with Crippen molar-refractivity contribution in [2.24, 2.45) is 0 Å². The second-order valence-corrected chi connectivity index (χ2v) is 6.70. The molecule has 0 saturated carbocycles. The van der Waals surface area contributed by atoms with Crippen LogP contribution in [0.25, 0.3) is 0 Å². The first-order chi connectivity index (χ1) is 11.2. The minimum atomic E-state index is -0.467. The van der Waals surface area contributed by atoms with Crippen molar-refractivity contribution in [2.75, 3.05) is 18.5 Å². The quantitative estimate of drug-likeness (QED) is 0.889. The molecule has 0 aliphatic carbocycles. The highest BCUT2D eigenvalue weighted by Crippen LogP contribution is 2.30. The zero-order valence-electron chi connectivity index (χ0n) is 12.9. The number of aryl methyl sites for hydroxylation is 1. The van der Waals surface area contributed by atoms with Crippen molar-refractivity contribution in [3.63, 3.8) is 0 Å². The molecule has 2 aromatic heterocycles. The molecule has 1 saturated heterocycles. The molecule has 1 unspecified atom stereocenters. The zero-order chi connectivity index (χ0) is 16.2. The number of rotatable bonds is 4. The van der Waals surface area contributed by atoms with Gasteiger partial charge in [-0.15, -0.1) is 11.3 Å². The summed E-state index contributed by atoms with van der Waals surface area (Å²) >= 11 is 1.53. The van der Waals surface area contributed by atoms with E-state index in [1.807, 2.05) is 13.0 Å². The third-order valence-electron chi connectivity index (χ3n) is 3.82. The van der Waals surface area contributed by atoms with Crippen LogP contribution < -0.4 is 5.32 Å². The Labute approximate surface area is 138 Å². The number of nitrogens with zero attached hydrogens (tertiary/aromatic N) is 4. The highest BCUT2D eigenvalue weighted by molar-refractivity contribution is 7.15. The number of anilines is 2. The summed E-state index contributed by atoms with van der Waals surface area (Å²) in [4.78, 5) is 27.8. The molecule has 1 aliphatic rings. The van der Waals surface area contributed by atoms with E-state index in [1.165, 1.54) is 11.3 Å². The number of aromatic nitrogens is 3. The van der Waals surface area contributed by atoms with Crippen LogP contribution in [-0.2, 0) is 4.79 Å². The topological polar surface area (TPSA) is 91.2 Å². The Morgan fingerprint density at radius 1 is 1.48 bits per heavy atom. The summed E-state index contributed by atoms with van der Waals surface area (Å²) in [5, 5.41) is 13.0. The van der Waals surface area contributed by atoms with Crippen LogP contribution in [0, 0.1) is 6.92 Å². The number of nitrogens with one attached hydrogen (secondary N) is 1. The maximum Gasteiger partial charge on any atom is 0.248 e. The highest BCUT2D eigenvalue weighted by atomic mass is 32.1. The lowest BCUT2D eigenvalue weighted by Crippen LogP contribution is -2.40. The van der Waals surface area contributed by atoms with Gasteiger partial charge in [0, 0.05) is 23.8 Å². The van der Waals surface area contributed by atoms with Crippen LogP contribution in [0.3, 0.4) is 0 Å². The van der Waals surface area contributed by atoms with Crippen molar-refractivity contribution in [1.82, 2.24) is 19.9 Å². The van der Waals surface area contributed by atoms with Crippen LogP contribution in [0.15, 0.2) is 18.5 Å². The largest absolute Gasteiger partial charge is 0.387 e. The Hall–Kier alpha value is -2.06. The molecule has 0 spiro atoms. The van der Waals surface area contributed by atoms with E-state index in [9.17, 15) is 4.79 Å². The first kappa shape index (κ1) is 15.8. The molecule has 3 heterocycles. The minimum absolute atomic E-state index is 0.106. The standard InChI is InChI=1S/C15H19N5O2S/c1-10-8-17-15(23-10)19-14-16-6-5-11(18-14)12-4-2-3-7-20(12)13(22)9-21/h5-6,8,12,21H,2-4,7,9H2,1H3,(H,16,17,18,19). The molecule has 1 aliphatic heterocycles. The molecule has 8 heteroatoms. The molecule has 1 amide bonds. The van der Waals surface area contributed by atoms with Gasteiger partial charge in [-0.3, -0.25) is 4.79 Å². The number of aliphatic hydroxyl groups excluding tert-OH is 1. The van der Waals surface area contributed by atoms with Gasteiger partial charge in [-0.25, -0.2) is 15.0 Å². The normalized spacial score (nSPS) is 18.0. The zero-order valence-corrected chi connectivity index (χ0v) is 13.7. The number of hydrogen-bond acceptors (Lipinski definition) is 7. The molecule has 7 nitrogen and oxygen atoms in total. The monoisotopic (exact) mass is 333 g/mol. The second-order valence-electron chi connectivity index (χ2n) is 5.46. The van der Waals surface area contributed by atoms with Gasteiger partial charge < -0.3 is 15.3 Å². The number of carbonyl (C=O) groups is 1. The molecule has 122 valence electrons. The summed E-state index contributed by atoms with van der Waals surface area (Å²) < 4.78 is 0. The van der Waals surface area contributed by atoms with Gasteiger partial charge in [0.1, 0.15) is 6.61 Å². The smallest absolute Gasteiger partial charge is 0.248 e. The fourth-order valence-electron chi connectivity index (χ4n) is 2.76. The molecule has 2 N–H and O–H groups in total. The lowest BCUT2D eigenvalue weighted by Gasteiger charge is -2.35. The number of piperidine rings is 1. The van der Waals surface area contributed by atoms with E-state index in [2.05, 4.69) is 20.3 Å². The maximum absolute atomic E-state index is 11.9. The molecule has 0 radical (unpaired) electrons. The summed E-state index contributed by atoms with van der Waals surface area (Å²) in [6, 6.07) is 1.72. The van der Waals surface area contributed by atoms with E-state index in [1.54, 1.807) is 17.3 Å². The van der Waals surface area contributed by atoms with Gasteiger partial charge in [0.25, 0.3) is 0 Å². The average Bonchev–Trinajstić information content (AvgIpc) is 2.99. The molecule has 1 fully saturated rings. The predicted octanol–water partition coefficient (Wildman–Crippen LogP) is 2.03. The number of amides is 1. The number of hydrogen-bond donors (Lipinski definition) is 2. The van der Waals surface area contributed by atoms with E-state index >= 15 is 0 Å². The summed E-state index contributed by atoms with van der Waals surface area (Å²) in [6.45, 7) is 2.17. The highest BCUT2D eigenvalue weighted by Gasteiger charge is 2.28. The van der Waals surface area contributed by atoms with E-state index < -0.39 is 6.61 Å². The van der Waals surface area contributed by atoms with Gasteiger partial charge >= 0.3 is 0 Å². The second kappa shape index (κ2) is 7.01. The van der Waals surface area contributed by atoms with Gasteiger partial charge in [0.15, 0.2) is 5.13 Å². The van der Waals surface area contributed by atoms with Crippen LogP contribution in [0.1, 0.15) is 35.9 Å². The Kier molecular flexibility index (Phi) is 4.82. The number of likely N-dealkylation sites (tertiary alicyclic amines) is 1. The average molecular weight is 333 g/mol. The van der Waals surface area contributed by atoms with Crippen LogP contribution in [0.5, 0.6) is 0 Å². The lowest BCUT2D eigenvalue weighted by molar-refractivity contribution is -0.138.